The molecule has 1 fully saturated rings. The first-order valence-electron chi connectivity index (χ1n) is 15.4. The van der Waals surface area contributed by atoms with Crippen LogP contribution in [0.25, 0.3) is 44.3 Å². The van der Waals surface area contributed by atoms with Gasteiger partial charge in [0.15, 0.2) is 17.3 Å². The number of likely N-dealkylation sites (N-methyl/N-ethyl adjacent to an activating group) is 1. The van der Waals surface area contributed by atoms with Gasteiger partial charge in [0.05, 0.1) is 24.3 Å². The zero-order valence-electron chi connectivity index (χ0n) is 25.7. The molecule has 0 saturated carbocycles. The van der Waals surface area contributed by atoms with E-state index < -0.39 is 0 Å². The normalized spacial score (nSPS) is 14.4. The molecule has 0 aliphatic carbocycles. The molecule has 6 aromatic rings. The van der Waals surface area contributed by atoms with Gasteiger partial charge >= 0.3 is 0 Å². The summed E-state index contributed by atoms with van der Waals surface area (Å²) in [4.78, 5) is 14.9. The second-order valence-corrected chi connectivity index (χ2v) is 11.5. The summed E-state index contributed by atoms with van der Waals surface area (Å²) in [5.74, 6) is 2.63. The van der Waals surface area contributed by atoms with Crippen molar-refractivity contribution in [3.8, 4) is 34.0 Å². The predicted octanol–water partition coefficient (Wildman–Crippen LogP) is 6.61. The highest BCUT2D eigenvalue weighted by molar-refractivity contribution is 5.95. The van der Waals surface area contributed by atoms with Gasteiger partial charge in [0.25, 0.3) is 0 Å². The number of hydrogen-bond donors (Lipinski definition) is 2. The lowest BCUT2D eigenvalue weighted by Gasteiger charge is -2.21. The molecule has 0 radical (unpaired) electrons. The number of anilines is 2. The zero-order valence-corrected chi connectivity index (χ0v) is 25.7. The summed E-state index contributed by atoms with van der Waals surface area (Å²) in [7, 11) is 3.86. The highest BCUT2D eigenvalue weighted by Gasteiger charge is 2.17. The molecule has 45 heavy (non-hydrogen) atoms. The molecule has 4 aromatic carbocycles. The maximum Gasteiger partial charge on any atom is 0.162 e. The molecule has 9 nitrogen and oxygen atoms in total. The average Bonchev–Trinajstić information content (AvgIpc) is 3.45. The van der Waals surface area contributed by atoms with Gasteiger partial charge in [-0.05, 0) is 62.0 Å². The van der Waals surface area contributed by atoms with Crippen molar-refractivity contribution < 1.29 is 9.47 Å². The van der Waals surface area contributed by atoms with Gasteiger partial charge < -0.3 is 19.7 Å². The highest BCUT2D eigenvalue weighted by atomic mass is 16.5. The Hall–Kier alpha value is -4.99. The lowest BCUT2D eigenvalue weighted by molar-refractivity contribution is 0.208. The lowest BCUT2D eigenvalue weighted by Crippen LogP contribution is -2.32. The lowest BCUT2D eigenvalue weighted by atomic mass is 10.0. The number of nitrogens with zero attached hydrogens (tertiary/aromatic N) is 5. The number of ether oxygens (including phenoxy) is 2. The van der Waals surface area contributed by atoms with Crippen molar-refractivity contribution in [1.29, 1.82) is 0 Å². The molecule has 1 saturated heterocycles. The van der Waals surface area contributed by atoms with Gasteiger partial charge in [-0.1, -0.05) is 54.6 Å². The first kappa shape index (κ1) is 28.8. The number of fused-ring (bicyclic) bond motifs is 2. The molecular weight excluding hydrogens is 562 g/mol. The number of benzene rings is 4. The molecule has 3 heterocycles. The summed E-state index contributed by atoms with van der Waals surface area (Å²) in [5.41, 5.74) is 5.87. The summed E-state index contributed by atoms with van der Waals surface area (Å²) in [6.45, 7) is 5.77. The Morgan fingerprint density at radius 1 is 0.822 bits per heavy atom. The molecule has 1 aliphatic rings. The second-order valence-electron chi connectivity index (χ2n) is 11.5. The third kappa shape index (κ3) is 6.45. The molecule has 0 amide bonds. The van der Waals surface area contributed by atoms with Crippen LogP contribution in [0.1, 0.15) is 6.42 Å². The van der Waals surface area contributed by atoms with Crippen molar-refractivity contribution >= 4 is 33.3 Å². The van der Waals surface area contributed by atoms with E-state index in [-0.39, 0.29) is 0 Å². The summed E-state index contributed by atoms with van der Waals surface area (Å²) in [6.07, 6.45) is 2.99. The van der Waals surface area contributed by atoms with Crippen LogP contribution in [0.2, 0.25) is 0 Å². The molecule has 0 unspecified atom stereocenters. The van der Waals surface area contributed by atoms with Gasteiger partial charge in [-0.3, -0.25) is 10.00 Å². The third-order valence-corrected chi connectivity index (χ3v) is 8.41. The molecular formula is C36H37N7O2. The van der Waals surface area contributed by atoms with Crippen LogP contribution >= 0.6 is 0 Å². The summed E-state index contributed by atoms with van der Waals surface area (Å²) in [6, 6.07) is 28.7. The van der Waals surface area contributed by atoms with Crippen molar-refractivity contribution in [3.05, 3.63) is 91.1 Å². The van der Waals surface area contributed by atoms with Gasteiger partial charge in [-0.15, -0.1) is 0 Å². The average molecular weight is 600 g/mol. The third-order valence-electron chi connectivity index (χ3n) is 8.41. The van der Waals surface area contributed by atoms with E-state index >= 15 is 0 Å². The smallest absolute Gasteiger partial charge is 0.162 e. The van der Waals surface area contributed by atoms with E-state index in [2.05, 4.69) is 74.8 Å². The van der Waals surface area contributed by atoms with Gasteiger partial charge in [0.1, 0.15) is 12.4 Å². The molecule has 228 valence electrons. The highest BCUT2D eigenvalue weighted by Crippen LogP contribution is 2.37. The van der Waals surface area contributed by atoms with Crippen molar-refractivity contribution in [2.75, 3.05) is 58.8 Å². The Balaban J connectivity index is 1.23. The second kappa shape index (κ2) is 12.9. The first-order valence-corrected chi connectivity index (χ1v) is 15.4. The zero-order chi connectivity index (χ0) is 30.6. The van der Waals surface area contributed by atoms with Crippen LogP contribution in [0.3, 0.4) is 0 Å². The maximum atomic E-state index is 6.35. The van der Waals surface area contributed by atoms with Gasteiger partial charge in [0, 0.05) is 47.7 Å². The number of methoxy groups -OCH3 is 1. The van der Waals surface area contributed by atoms with Crippen LogP contribution in [0.5, 0.6) is 11.5 Å². The quantitative estimate of drug-likeness (QED) is 0.192. The molecule has 2 N–H and O–H groups in total. The summed E-state index contributed by atoms with van der Waals surface area (Å²) in [5, 5.41) is 12.6. The fourth-order valence-corrected chi connectivity index (χ4v) is 5.84. The van der Waals surface area contributed by atoms with Crippen molar-refractivity contribution in [2.24, 2.45) is 0 Å². The van der Waals surface area contributed by atoms with Crippen LogP contribution in [-0.4, -0.2) is 83.5 Å². The van der Waals surface area contributed by atoms with E-state index in [9.17, 15) is 0 Å². The maximum absolute atomic E-state index is 6.35. The van der Waals surface area contributed by atoms with Gasteiger partial charge in [-0.2, -0.15) is 5.10 Å². The number of nitrogens with one attached hydrogen (secondary N) is 2. The van der Waals surface area contributed by atoms with E-state index in [0.29, 0.717) is 29.7 Å². The van der Waals surface area contributed by atoms with E-state index in [1.165, 1.54) is 12.0 Å². The van der Waals surface area contributed by atoms with Crippen LogP contribution in [0.4, 0.5) is 11.5 Å². The number of aromatic nitrogens is 4. The minimum atomic E-state index is 0.568. The number of aromatic amines is 1. The molecule has 1 aliphatic heterocycles. The van der Waals surface area contributed by atoms with Crippen LogP contribution < -0.4 is 14.8 Å². The number of hydrogen-bond acceptors (Lipinski definition) is 8. The fourth-order valence-electron chi connectivity index (χ4n) is 5.84. The molecule has 2 aromatic heterocycles. The minimum Gasteiger partial charge on any atom is -0.493 e. The fraction of sp³-hybridized carbons (Fsp3) is 0.250. The van der Waals surface area contributed by atoms with Crippen LogP contribution in [0, 0.1) is 0 Å². The summed E-state index contributed by atoms with van der Waals surface area (Å²) >= 11 is 0. The molecule has 7 rings (SSSR count). The SMILES string of the molecule is COc1cc2nc(-c3ccc(-c4ccccc4)cc3)nc(Nc3ccc4[nH]ncc4c3)c2cc1OCCN1CCCN(C)CC1. The Labute approximate surface area is 262 Å². The van der Waals surface area contributed by atoms with Crippen molar-refractivity contribution in [2.45, 2.75) is 6.42 Å². The van der Waals surface area contributed by atoms with E-state index in [1.54, 1.807) is 7.11 Å². The monoisotopic (exact) mass is 599 g/mol. The van der Waals surface area contributed by atoms with Gasteiger partial charge in [0.2, 0.25) is 0 Å². The Bertz CT molecular complexity index is 1910. The van der Waals surface area contributed by atoms with Gasteiger partial charge in [-0.25, -0.2) is 9.97 Å². The van der Waals surface area contributed by atoms with Crippen LogP contribution in [0.15, 0.2) is 91.1 Å². The number of H-pyrrole nitrogens is 1. The van der Waals surface area contributed by atoms with Crippen molar-refractivity contribution in [3.63, 3.8) is 0 Å². The molecule has 9 heteroatoms. The molecule has 0 spiro atoms. The Kier molecular flexibility index (Phi) is 8.27. The first-order chi connectivity index (χ1) is 22.1. The predicted molar refractivity (Wildman–Crippen MR) is 180 cm³/mol. The topological polar surface area (TPSA) is 91.4 Å². The molecule has 0 bridgehead atoms. The van der Waals surface area contributed by atoms with E-state index in [4.69, 9.17) is 19.4 Å². The molecule has 0 atom stereocenters. The standard InChI is InChI=1S/C36H37N7O2/c1-42-15-6-16-43(18-17-42)19-20-45-34-22-30-32(23-33(34)44-2)39-35(27-11-9-26(10-12-27)25-7-4-3-5-8-25)40-36(30)38-29-13-14-31-28(21-29)24-37-41-31/h3-5,7-14,21-24H,6,15-20H2,1-2H3,(H,37,41)(H,38,39,40). The Morgan fingerprint density at radius 2 is 1.64 bits per heavy atom. The van der Waals surface area contributed by atoms with Crippen LogP contribution in [-0.2, 0) is 0 Å². The largest absolute Gasteiger partial charge is 0.493 e. The van der Waals surface area contributed by atoms with Crippen molar-refractivity contribution in [1.82, 2.24) is 30.0 Å². The minimum absolute atomic E-state index is 0.568. The summed E-state index contributed by atoms with van der Waals surface area (Å²) < 4.78 is 12.2. The van der Waals surface area contributed by atoms with E-state index in [1.807, 2.05) is 48.7 Å². The van der Waals surface area contributed by atoms with E-state index in [0.717, 1.165) is 71.3 Å². The Morgan fingerprint density at radius 3 is 2.49 bits per heavy atom. The number of rotatable bonds is 9.